The van der Waals surface area contributed by atoms with E-state index in [0.717, 1.165) is 0 Å². The molecule has 1 fully saturated rings. The van der Waals surface area contributed by atoms with Crippen molar-refractivity contribution in [2.75, 3.05) is 31.3 Å². The van der Waals surface area contributed by atoms with Crippen molar-refractivity contribution in [3.63, 3.8) is 0 Å². The van der Waals surface area contributed by atoms with E-state index in [2.05, 4.69) is 0 Å². The van der Waals surface area contributed by atoms with Crippen molar-refractivity contribution in [2.45, 2.75) is 0 Å². The zero-order valence-corrected chi connectivity index (χ0v) is 10.3. The number of halogens is 2. The summed E-state index contributed by atoms with van der Waals surface area (Å²) in [4.78, 5) is 1.38. The minimum atomic E-state index is -0.526. The monoisotopic (exact) mass is 270 g/mol. The molecule has 4 nitrogen and oxygen atoms in total. The van der Waals surface area contributed by atoms with Crippen molar-refractivity contribution in [1.29, 1.82) is 5.26 Å². The van der Waals surface area contributed by atoms with Crippen LogP contribution in [0.5, 0.6) is 0 Å². The van der Waals surface area contributed by atoms with Crippen molar-refractivity contribution in [2.24, 2.45) is 5.41 Å². The average molecular weight is 271 g/mol. The first-order chi connectivity index (χ1) is 8.60. The zero-order valence-electron chi connectivity index (χ0n) is 9.57. The summed E-state index contributed by atoms with van der Waals surface area (Å²) in [5.74, 6) is -0.526. The summed E-state index contributed by atoms with van der Waals surface area (Å²) < 4.78 is 18.1. The molecule has 1 aromatic carbocycles. The van der Waals surface area contributed by atoms with Crippen molar-refractivity contribution < 1.29 is 14.2 Å². The molecule has 0 spiro atoms. The predicted octanol–water partition coefficient (Wildman–Crippen LogP) is 1.78. The Hall–Kier alpha value is -1.35. The van der Waals surface area contributed by atoms with E-state index in [1.54, 1.807) is 0 Å². The lowest BCUT2D eigenvalue weighted by Gasteiger charge is -2.41. The first-order valence-electron chi connectivity index (χ1n) is 5.41. The molecule has 0 saturated carbocycles. The topological polar surface area (TPSA) is 56.5 Å². The van der Waals surface area contributed by atoms with Crippen LogP contribution in [0.25, 0.3) is 0 Å². The zero-order chi connectivity index (χ0) is 13.2. The Morgan fingerprint density at radius 1 is 1.56 bits per heavy atom. The molecule has 1 aliphatic heterocycles. The van der Waals surface area contributed by atoms with Crippen molar-refractivity contribution in [3.05, 3.63) is 29.0 Å². The van der Waals surface area contributed by atoms with Crippen molar-refractivity contribution >= 4 is 17.3 Å². The summed E-state index contributed by atoms with van der Waals surface area (Å²) in [5, 5.41) is 18.4. The fourth-order valence-corrected chi connectivity index (χ4v) is 1.97. The normalized spacial score (nSPS) is 16.8. The first kappa shape index (κ1) is 13.1. The van der Waals surface area contributed by atoms with Gasteiger partial charge in [0.25, 0.3) is 0 Å². The predicted molar refractivity (Wildman–Crippen MR) is 64.7 cm³/mol. The molecule has 0 radical (unpaired) electrons. The van der Waals surface area contributed by atoms with Crippen molar-refractivity contribution in [3.8, 4) is 6.19 Å². The maximum absolute atomic E-state index is 13.1. The number of nitrogens with zero attached hydrogens (tertiary/aromatic N) is 2. The van der Waals surface area contributed by atoms with Crippen LogP contribution in [0, 0.1) is 22.7 Å². The van der Waals surface area contributed by atoms with Crippen molar-refractivity contribution in [1.82, 2.24) is 0 Å². The molecule has 1 aliphatic rings. The van der Waals surface area contributed by atoms with E-state index in [-0.39, 0.29) is 11.6 Å². The van der Waals surface area contributed by atoms with Crippen LogP contribution in [0.2, 0.25) is 5.02 Å². The Morgan fingerprint density at radius 2 is 2.28 bits per heavy atom. The number of ether oxygens (including phenoxy) is 1. The highest BCUT2D eigenvalue weighted by Crippen LogP contribution is 2.31. The molecule has 0 amide bonds. The molecular formula is C12H12ClFN2O2. The fraction of sp³-hybridized carbons (Fsp3) is 0.417. The van der Waals surface area contributed by atoms with E-state index in [0.29, 0.717) is 25.4 Å². The third kappa shape index (κ3) is 2.41. The van der Waals surface area contributed by atoms with Gasteiger partial charge < -0.3 is 9.84 Å². The van der Waals surface area contributed by atoms with Gasteiger partial charge in [-0.15, -0.1) is 0 Å². The molecule has 0 aliphatic carbocycles. The van der Waals surface area contributed by atoms with Gasteiger partial charge in [0, 0.05) is 6.54 Å². The molecule has 96 valence electrons. The lowest BCUT2D eigenvalue weighted by Crippen LogP contribution is -2.52. The quantitative estimate of drug-likeness (QED) is 0.669. The molecule has 1 heterocycles. The second kappa shape index (κ2) is 5.11. The number of anilines is 1. The minimum absolute atomic E-state index is 0.0318. The number of aliphatic hydroxyl groups excluding tert-OH is 1. The highest BCUT2D eigenvalue weighted by atomic mass is 35.5. The van der Waals surface area contributed by atoms with Gasteiger partial charge >= 0.3 is 0 Å². The van der Waals surface area contributed by atoms with Crippen LogP contribution in [-0.4, -0.2) is 31.5 Å². The molecule has 2 rings (SSSR count). The molecule has 0 atom stereocenters. The number of hydrogen-bond donors (Lipinski definition) is 1. The number of benzene rings is 1. The van der Waals surface area contributed by atoms with Crippen LogP contribution in [0.15, 0.2) is 18.2 Å². The molecule has 0 unspecified atom stereocenters. The Bertz CT molecular complexity index is 480. The standard InChI is InChI=1S/C12H12ClFN2O2/c13-10-3-9(1-2-11(10)14)16(8-15)4-12(5-17)6-18-7-12/h1-3,17H,4-7H2. The molecule has 1 saturated heterocycles. The smallest absolute Gasteiger partial charge is 0.184 e. The van der Waals surface area contributed by atoms with Crippen LogP contribution in [-0.2, 0) is 4.74 Å². The maximum atomic E-state index is 13.1. The van der Waals surface area contributed by atoms with Gasteiger partial charge in [-0.25, -0.2) is 4.39 Å². The highest BCUT2D eigenvalue weighted by molar-refractivity contribution is 6.31. The van der Waals surface area contributed by atoms with Gasteiger partial charge in [-0.1, -0.05) is 11.6 Å². The second-order valence-corrected chi connectivity index (χ2v) is 4.84. The first-order valence-corrected chi connectivity index (χ1v) is 5.79. The van der Waals surface area contributed by atoms with Crippen LogP contribution in [0.4, 0.5) is 10.1 Å². The fourth-order valence-electron chi connectivity index (χ4n) is 1.80. The largest absolute Gasteiger partial charge is 0.396 e. The van der Waals surface area contributed by atoms with E-state index in [1.807, 2.05) is 6.19 Å². The Balaban J connectivity index is 2.18. The van der Waals surface area contributed by atoms with Crippen LogP contribution < -0.4 is 4.90 Å². The number of hydrogen-bond acceptors (Lipinski definition) is 4. The van der Waals surface area contributed by atoms with Gasteiger partial charge in [0.05, 0.1) is 35.9 Å². The number of aliphatic hydroxyl groups is 1. The number of nitriles is 1. The summed E-state index contributed by atoms with van der Waals surface area (Å²) in [5.41, 5.74) is 0.0833. The third-order valence-electron chi connectivity index (χ3n) is 2.98. The molecule has 1 N–H and O–H groups in total. The SMILES string of the molecule is N#CN(CC1(CO)COC1)c1ccc(F)c(Cl)c1. The van der Waals surface area contributed by atoms with Crippen LogP contribution in [0.1, 0.15) is 0 Å². The van der Waals surface area contributed by atoms with Gasteiger partial charge in [-0.3, -0.25) is 4.90 Å². The Labute approximate surface area is 109 Å². The van der Waals surface area contributed by atoms with E-state index in [1.165, 1.54) is 23.1 Å². The Morgan fingerprint density at radius 3 is 2.72 bits per heavy atom. The highest BCUT2D eigenvalue weighted by Gasteiger charge is 2.40. The van der Waals surface area contributed by atoms with Crippen LogP contribution in [0.3, 0.4) is 0 Å². The summed E-state index contributed by atoms with van der Waals surface area (Å²) >= 11 is 5.68. The van der Waals surface area contributed by atoms with Gasteiger partial charge in [-0.2, -0.15) is 5.26 Å². The van der Waals surface area contributed by atoms with Gasteiger partial charge in [0.2, 0.25) is 0 Å². The van der Waals surface area contributed by atoms with Crippen LogP contribution >= 0.6 is 11.6 Å². The molecule has 0 bridgehead atoms. The molecule has 1 aromatic rings. The summed E-state index contributed by atoms with van der Waals surface area (Å²) in [6.45, 7) is 1.09. The van der Waals surface area contributed by atoms with Gasteiger partial charge in [0.15, 0.2) is 6.19 Å². The van der Waals surface area contributed by atoms with E-state index < -0.39 is 11.2 Å². The summed E-state index contributed by atoms with van der Waals surface area (Å²) in [6, 6.07) is 4.09. The lowest BCUT2D eigenvalue weighted by atomic mass is 9.86. The average Bonchev–Trinajstić information content (AvgIpc) is 2.33. The molecule has 6 heteroatoms. The minimum Gasteiger partial charge on any atom is -0.396 e. The number of rotatable bonds is 4. The maximum Gasteiger partial charge on any atom is 0.184 e. The van der Waals surface area contributed by atoms with Gasteiger partial charge in [-0.05, 0) is 18.2 Å². The van der Waals surface area contributed by atoms with E-state index in [4.69, 9.17) is 21.6 Å². The van der Waals surface area contributed by atoms with Gasteiger partial charge in [0.1, 0.15) is 5.82 Å². The lowest BCUT2D eigenvalue weighted by molar-refractivity contribution is -0.130. The second-order valence-electron chi connectivity index (χ2n) is 4.44. The molecule has 0 aromatic heterocycles. The van der Waals surface area contributed by atoms with E-state index >= 15 is 0 Å². The summed E-state index contributed by atoms with van der Waals surface area (Å²) in [6.07, 6.45) is 2.01. The molecule has 18 heavy (non-hydrogen) atoms. The van der Waals surface area contributed by atoms with E-state index in [9.17, 15) is 9.50 Å². The Kier molecular flexibility index (Phi) is 3.71. The third-order valence-corrected chi connectivity index (χ3v) is 3.27. The molecular weight excluding hydrogens is 259 g/mol. The summed E-state index contributed by atoms with van der Waals surface area (Å²) in [7, 11) is 0.